The van der Waals surface area contributed by atoms with E-state index in [0.717, 1.165) is 0 Å². The summed E-state index contributed by atoms with van der Waals surface area (Å²) in [6, 6.07) is 0. The Morgan fingerprint density at radius 2 is 2.14 bits per heavy atom. The van der Waals surface area contributed by atoms with Crippen LogP contribution in [0, 0.1) is 0 Å². The third-order valence-corrected chi connectivity index (χ3v) is 1.04. The second kappa shape index (κ2) is 2.33. The molecule has 0 atom stereocenters. The van der Waals surface area contributed by atoms with Crippen LogP contribution < -0.4 is 4.72 Å². The van der Waals surface area contributed by atoms with Gasteiger partial charge in [0.1, 0.15) is 9.87 Å². The van der Waals surface area contributed by atoms with Crippen LogP contribution in [0.15, 0.2) is 0 Å². The molecule has 0 fully saturated rings. The largest absolute Gasteiger partial charge is 0.277 e. The van der Waals surface area contributed by atoms with Crippen LogP contribution in [0.4, 0.5) is 0 Å². The second-order valence-corrected chi connectivity index (χ2v) is 2.42. The Balaban J connectivity index is 3.60. The Morgan fingerprint density at radius 1 is 1.71 bits per heavy atom. The fourth-order valence-electron chi connectivity index (χ4n) is 0.201. The maximum atomic E-state index is 9.90. The number of hydrogen-bond donors (Lipinski definition) is 1. The molecule has 3 nitrogen and oxygen atoms in total. The molecule has 0 aliphatic carbocycles. The van der Waals surface area contributed by atoms with Gasteiger partial charge in [-0.3, -0.25) is 0 Å². The summed E-state index contributed by atoms with van der Waals surface area (Å²) in [6.45, 7) is 2.00. The molecule has 0 aromatic carbocycles. The molecular formula is C2H6BNO2S. The third-order valence-electron chi connectivity index (χ3n) is 0.346. The Kier molecular flexibility index (Phi) is 2.32. The summed E-state index contributed by atoms with van der Waals surface area (Å²) in [6.07, 6.45) is 0. The third kappa shape index (κ3) is 5.97. The van der Waals surface area contributed by atoms with Crippen LogP contribution in [-0.2, 0) is 9.87 Å². The van der Waals surface area contributed by atoms with Crippen LogP contribution in [-0.4, -0.2) is 22.1 Å². The van der Waals surface area contributed by atoms with Crippen molar-refractivity contribution in [3.63, 3.8) is 0 Å². The smallest absolute Gasteiger partial charge is 0.227 e. The summed E-state index contributed by atoms with van der Waals surface area (Å²) in [5.41, 5.74) is 0. The molecule has 5 heteroatoms. The molecule has 2 radical (unpaired) electrons. The van der Waals surface area contributed by atoms with Crippen LogP contribution in [0.2, 0.25) is 0 Å². The van der Waals surface area contributed by atoms with E-state index < -0.39 is 9.87 Å². The predicted molar refractivity (Wildman–Crippen MR) is 28.4 cm³/mol. The molecule has 0 bridgehead atoms. The summed E-state index contributed by atoms with van der Waals surface area (Å²) in [4.78, 5) is 0. The van der Waals surface area contributed by atoms with Crippen LogP contribution in [0.5, 0.6) is 0 Å². The van der Waals surface area contributed by atoms with E-state index in [9.17, 15) is 8.42 Å². The molecule has 0 saturated heterocycles. The zero-order chi connectivity index (χ0) is 5.91. The normalized spacial score (nSPS) is 11.6. The molecule has 0 aromatic heterocycles. The number of rotatable bonds is 2. The topological polar surface area (TPSA) is 46.2 Å². The molecule has 0 aliphatic rings. The monoisotopic (exact) mass is 119 g/mol. The highest BCUT2D eigenvalue weighted by Crippen LogP contribution is 1.65. The van der Waals surface area contributed by atoms with Crippen LogP contribution in [0.1, 0.15) is 6.92 Å². The van der Waals surface area contributed by atoms with E-state index in [4.69, 9.17) is 0 Å². The number of hydrogen-bond acceptors (Lipinski definition) is 2. The van der Waals surface area contributed by atoms with Crippen molar-refractivity contribution in [1.29, 1.82) is 0 Å². The van der Waals surface area contributed by atoms with Crippen molar-refractivity contribution in [3.8, 4) is 0 Å². The molecule has 0 aromatic rings. The summed E-state index contributed by atoms with van der Waals surface area (Å²) < 4.78 is 21.8. The first-order chi connectivity index (χ1) is 3.06. The van der Waals surface area contributed by atoms with Crippen molar-refractivity contribution in [2.45, 2.75) is 6.92 Å². The number of nitrogens with one attached hydrogen (secondary N) is 1. The van der Waals surface area contributed by atoms with Gasteiger partial charge in [-0.2, -0.15) is 0 Å². The lowest BCUT2D eigenvalue weighted by Crippen LogP contribution is -2.22. The maximum absolute atomic E-state index is 9.90. The van der Waals surface area contributed by atoms with Crippen LogP contribution >= 0.6 is 0 Å². The minimum Gasteiger partial charge on any atom is -0.227 e. The van der Waals surface area contributed by atoms with Crippen molar-refractivity contribution < 1.29 is 8.42 Å². The van der Waals surface area contributed by atoms with E-state index >= 15 is 0 Å². The van der Waals surface area contributed by atoms with E-state index in [0.29, 0.717) is 6.54 Å². The predicted octanol–water partition coefficient (Wildman–Crippen LogP) is -0.991. The van der Waals surface area contributed by atoms with E-state index in [1.54, 1.807) is 6.92 Å². The van der Waals surface area contributed by atoms with Crippen LogP contribution in [0.3, 0.4) is 0 Å². The lowest BCUT2D eigenvalue weighted by molar-refractivity contribution is 0.598. The minimum absolute atomic E-state index is 0.346. The standard InChI is InChI=1S/C2H6BNO2S/c1-2-4-7(3,5)6/h4H,2H2,1H3. The molecule has 0 saturated carbocycles. The van der Waals surface area contributed by atoms with E-state index in [1.165, 1.54) is 0 Å². The van der Waals surface area contributed by atoms with Crippen molar-refractivity contribution in [2.75, 3.05) is 6.54 Å². The van der Waals surface area contributed by atoms with E-state index in [1.807, 2.05) is 4.72 Å². The lowest BCUT2D eigenvalue weighted by Gasteiger charge is -1.92. The van der Waals surface area contributed by atoms with Gasteiger partial charge in [0.25, 0.3) is 7.12 Å². The molecule has 0 aliphatic heterocycles. The maximum Gasteiger partial charge on any atom is 0.277 e. The van der Waals surface area contributed by atoms with Crippen molar-refractivity contribution in [2.24, 2.45) is 0 Å². The zero-order valence-corrected chi connectivity index (χ0v) is 4.83. The highest BCUT2D eigenvalue weighted by Gasteiger charge is 1.92. The van der Waals surface area contributed by atoms with Gasteiger partial charge in [-0.25, -0.2) is 13.1 Å². The Labute approximate surface area is 44.5 Å². The van der Waals surface area contributed by atoms with Gasteiger partial charge in [-0.15, -0.1) is 0 Å². The fraction of sp³-hybridized carbons (Fsp3) is 1.00. The summed E-state index contributed by atoms with van der Waals surface area (Å²) in [7, 11) is 1.08. The first kappa shape index (κ1) is 6.97. The van der Waals surface area contributed by atoms with Gasteiger partial charge in [0.15, 0.2) is 0 Å². The highest BCUT2D eigenvalue weighted by molar-refractivity contribution is 8.10. The van der Waals surface area contributed by atoms with Gasteiger partial charge in [0, 0.05) is 6.54 Å². The van der Waals surface area contributed by atoms with Crippen molar-refractivity contribution >= 4 is 17.0 Å². The van der Waals surface area contributed by atoms with E-state index in [-0.39, 0.29) is 0 Å². The van der Waals surface area contributed by atoms with E-state index in [2.05, 4.69) is 7.12 Å². The summed E-state index contributed by atoms with van der Waals surface area (Å²) >= 11 is 0. The Morgan fingerprint density at radius 3 is 2.14 bits per heavy atom. The van der Waals surface area contributed by atoms with Gasteiger partial charge in [-0.05, 0) is 0 Å². The first-order valence-corrected chi connectivity index (χ1v) is 3.38. The van der Waals surface area contributed by atoms with Crippen LogP contribution in [0.25, 0.3) is 0 Å². The van der Waals surface area contributed by atoms with Gasteiger partial charge >= 0.3 is 0 Å². The Bertz CT molecular complexity index is 129. The molecule has 0 unspecified atom stereocenters. The fourth-order valence-corrected chi connectivity index (χ4v) is 0.604. The average molecular weight is 119 g/mol. The minimum atomic E-state index is -3.42. The van der Waals surface area contributed by atoms with Gasteiger partial charge < -0.3 is 0 Å². The lowest BCUT2D eigenvalue weighted by atomic mass is 10.8. The average Bonchev–Trinajstić information content (AvgIpc) is 1.30. The molecule has 0 spiro atoms. The summed E-state index contributed by atoms with van der Waals surface area (Å²) in [5, 5.41) is 0. The molecule has 0 rings (SSSR count). The van der Waals surface area contributed by atoms with Crippen molar-refractivity contribution in [1.82, 2.24) is 4.72 Å². The molecule has 0 amide bonds. The molecular weight excluding hydrogens is 113 g/mol. The first-order valence-electron chi connectivity index (χ1n) is 1.83. The highest BCUT2D eigenvalue weighted by atomic mass is 32.2. The quantitative estimate of drug-likeness (QED) is 0.474. The molecule has 0 heterocycles. The SMILES string of the molecule is [B]S(=O)(=O)NCC. The second-order valence-electron chi connectivity index (χ2n) is 1.04. The molecule has 40 valence electrons. The molecule has 1 N–H and O–H groups in total. The van der Waals surface area contributed by atoms with Crippen molar-refractivity contribution in [3.05, 3.63) is 0 Å². The Hall–Kier alpha value is -0.0251. The zero-order valence-electron chi connectivity index (χ0n) is 4.01. The van der Waals surface area contributed by atoms with Gasteiger partial charge in [0.05, 0.1) is 0 Å². The van der Waals surface area contributed by atoms with Gasteiger partial charge in [-0.1, -0.05) is 6.92 Å². The summed E-state index contributed by atoms with van der Waals surface area (Å²) in [5.74, 6) is 0. The van der Waals surface area contributed by atoms with Gasteiger partial charge in [0.2, 0.25) is 0 Å². The molecule has 7 heavy (non-hydrogen) atoms.